The second kappa shape index (κ2) is 8.83. The van der Waals surface area contributed by atoms with Crippen LogP contribution in [0.3, 0.4) is 0 Å². The molecule has 0 fully saturated rings. The van der Waals surface area contributed by atoms with Crippen LogP contribution >= 0.6 is 23.2 Å². The summed E-state index contributed by atoms with van der Waals surface area (Å²) in [5.74, 6) is -0.655. The van der Waals surface area contributed by atoms with Crippen LogP contribution in [0.25, 0.3) is 0 Å². The summed E-state index contributed by atoms with van der Waals surface area (Å²) in [5.41, 5.74) is 1.13. The molecule has 1 heterocycles. The van der Waals surface area contributed by atoms with E-state index < -0.39 is 5.97 Å². The normalized spacial score (nSPS) is 11.7. The SMILES string of the molecule is CC(=O)OCC(C)N(Cc1ccc(Cl)c(Cl)c1)C(=O)c1ccccn1. The standard InChI is InChI=1S/C18H18Cl2N2O3/c1-12(11-25-13(2)23)22(18(24)17-5-3-4-8-21-17)10-14-6-7-15(19)16(20)9-14/h3-9,12H,10-11H2,1-2H3. The van der Waals surface area contributed by atoms with Gasteiger partial charge in [0, 0.05) is 19.7 Å². The van der Waals surface area contributed by atoms with Crippen LogP contribution in [0.4, 0.5) is 0 Å². The van der Waals surface area contributed by atoms with E-state index in [1.807, 2.05) is 0 Å². The van der Waals surface area contributed by atoms with Crippen LogP contribution < -0.4 is 0 Å². The first-order valence-electron chi connectivity index (χ1n) is 7.67. The molecule has 0 N–H and O–H groups in total. The van der Waals surface area contributed by atoms with Crippen LogP contribution in [0.2, 0.25) is 10.0 Å². The summed E-state index contributed by atoms with van der Waals surface area (Å²) in [4.78, 5) is 29.6. The van der Waals surface area contributed by atoms with Crippen LogP contribution in [-0.4, -0.2) is 34.4 Å². The number of amides is 1. The molecule has 0 saturated carbocycles. The largest absolute Gasteiger partial charge is 0.464 e. The first kappa shape index (κ1) is 19.2. The van der Waals surface area contributed by atoms with Crippen molar-refractivity contribution in [2.75, 3.05) is 6.61 Å². The molecular formula is C18H18Cl2N2O3. The molecule has 132 valence electrons. The lowest BCUT2D eigenvalue weighted by molar-refractivity contribution is -0.142. The number of hydrogen-bond acceptors (Lipinski definition) is 4. The van der Waals surface area contributed by atoms with E-state index >= 15 is 0 Å². The third kappa shape index (κ3) is 5.44. The van der Waals surface area contributed by atoms with Crippen molar-refractivity contribution in [3.63, 3.8) is 0 Å². The van der Waals surface area contributed by atoms with Crippen LogP contribution in [0.5, 0.6) is 0 Å². The summed E-state index contributed by atoms with van der Waals surface area (Å²) >= 11 is 12.0. The predicted molar refractivity (Wildman–Crippen MR) is 96.7 cm³/mol. The van der Waals surface area contributed by atoms with Gasteiger partial charge in [0.25, 0.3) is 5.91 Å². The molecule has 5 nitrogen and oxygen atoms in total. The average Bonchev–Trinajstić information content (AvgIpc) is 2.60. The maximum Gasteiger partial charge on any atom is 0.302 e. The molecule has 0 spiro atoms. The monoisotopic (exact) mass is 380 g/mol. The second-order valence-corrected chi connectivity index (χ2v) is 6.36. The number of nitrogens with zero attached hydrogens (tertiary/aromatic N) is 2. The molecular weight excluding hydrogens is 363 g/mol. The number of pyridine rings is 1. The van der Waals surface area contributed by atoms with Crippen molar-refractivity contribution in [3.8, 4) is 0 Å². The maximum atomic E-state index is 12.9. The number of carbonyl (C=O) groups is 2. The summed E-state index contributed by atoms with van der Waals surface area (Å²) in [5, 5.41) is 0.859. The molecule has 0 aliphatic heterocycles. The summed E-state index contributed by atoms with van der Waals surface area (Å²) in [6.07, 6.45) is 1.56. The lowest BCUT2D eigenvalue weighted by Gasteiger charge is -2.29. The van der Waals surface area contributed by atoms with Crippen molar-refractivity contribution in [1.29, 1.82) is 0 Å². The summed E-state index contributed by atoms with van der Waals surface area (Å²) < 4.78 is 5.05. The molecule has 1 amide bonds. The Morgan fingerprint density at radius 3 is 2.56 bits per heavy atom. The van der Waals surface area contributed by atoms with Gasteiger partial charge in [0.2, 0.25) is 0 Å². The van der Waals surface area contributed by atoms with E-state index in [0.717, 1.165) is 5.56 Å². The number of hydrogen-bond donors (Lipinski definition) is 0. The Morgan fingerprint density at radius 1 is 1.20 bits per heavy atom. The molecule has 0 aliphatic rings. The minimum Gasteiger partial charge on any atom is -0.464 e. The number of aromatic nitrogens is 1. The summed E-state index contributed by atoms with van der Waals surface area (Å²) in [7, 11) is 0. The fourth-order valence-electron chi connectivity index (χ4n) is 2.23. The van der Waals surface area contributed by atoms with Gasteiger partial charge in [-0.3, -0.25) is 14.6 Å². The van der Waals surface area contributed by atoms with Gasteiger partial charge in [-0.15, -0.1) is 0 Å². The Hall–Kier alpha value is -2.11. The van der Waals surface area contributed by atoms with Gasteiger partial charge in [-0.25, -0.2) is 0 Å². The molecule has 2 aromatic rings. The van der Waals surface area contributed by atoms with E-state index in [4.69, 9.17) is 27.9 Å². The number of rotatable bonds is 6. The van der Waals surface area contributed by atoms with Crippen molar-refractivity contribution >= 4 is 35.1 Å². The van der Waals surface area contributed by atoms with Gasteiger partial charge in [-0.1, -0.05) is 35.3 Å². The quantitative estimate of drug-likeness (QED) is 0.711. The third-order valence-electron chi connectivity index (χ3n) is 3.54. The van der Waals surface area contributed by atoms with Gasteiger partial charge >= 0.3 is 5.97 Å². The molecule has 0 saturated heterocycles. The molecule has 25 heavy (non-hydrogen) atoms. The van der Waals surface area contributed by atoms with Gasteiger partial charge in [-0.05, 0) is 36.8 Å². The van der Waals surface area contributed by atoms with Crippen molar-refractivity contribution in [2.45, 2.75) is 26.4 Å². The third-order valence-corrected chi connectivity index (χ3v) is 4.28. The zero-order chi connectivity index (χ0) is 18.4. The van der Waals surface area contributed by atoms with E-state index in [2.05, 4.69) is 4.98 Å². The van der Waals surface area contributed by atoms with Gasteiger partial charge in [-0.2, -0.15) is 0 Å². The predicted octanol–water partition coefficient (Wildman–Crippen LogP) is 3.98. The van der Waals surface area contributed by atoms with Crippen LogP contribution in [0.15, 0.2) is 42.6 Å². The van der Waals surface area contributed by atoms with Crippen LogP contribution in [0.1, 0.15) is 29.9 Å². The highest BCUT2D eigenvalue weighted by Crippen LogP contribution is 2.24. The first-order chi connectivity index (χ1) is 11.9. The molecule has 0 aliphatic carbocycles. The molecule has 7 heteroatoms. The number of ether oxygens (including phenoxy) is 1. The molecule has 1 aromatic carbocycles. The van der Waals surface area contributed by atoms with E-state index in [1.165, 1.54) is 6.92 Å². The number of esters is 1. The van der Waals surface area contributed by atoms with Crippen molar-refractivity contribution in [2.24, 2.45) is 0 Å². The Kier molecular flexibility index (Phi) is 6.79. The Labute approximate surface area is 156 Å². The van der Waals surface area contributed by atoms with E-state index in [0.29, 0.717) is 15.7 Å². The number of carbonyl (C=O) groups excluding carboxylic acids is 2. The lowest BCUT2D eigenvalue weighted by atomic mass is 10.1. The fourth-order valence-corrected chi connectivity index (χ4v) is 2.55. The highest BCUT2D eigenvalue weighted by atomic mass is 35.5. The average molecular weight is 381 g/mol. The van der Waals surface area contributed by atoms with E-state index in [1.54, 1.807) is 54.4 Å². The van der Waals surface area contributed by atoms with E-state index in [-0.39, 0.29) is 25.1 Å². The Bertz CT molecular complexity index is 753. The Morgan fingerprint density at radius 2 is 1.96 bits per heavy atom. The minimum absolute atomic E-state index is 0.0925. The zero-order valence-electron chi connectivity index (χ0n) is 13.9. The highest BCUT2D eigenvalue weighted by Gasteiger charge is 2.23. The maximum absolute atomic E-state index is 12.9. The minimum atomic E-state index is -0.397. The smallest absolute Gasteiger partial charge is 0.302 e. The highest BCUT2D eigenvalue weighted by molar-refractivity contribution is 6.42. The first-order valence-corrected chi connectivity index (χ1v) is 8.43. The van der Waals surface area contributed by atoms with Crippen molar-refractivity contribution < 1.29 is 14.3 Å². The van der Waals surface area contributed by atoms with Crippen molar-refractivity contribution in [1.82, 2.24) is 9.88 Å². The van der Waals surface area contributed by atoms with Crippen LogP contribution in [0, 0.1) is 0 Å². The topological polar surface area (TPSA) is 59.5 Å². The fraction of sp³-hybridized carbons (Fsp3) is 0.278. The summed E-state index contributed by atoms with van der Waals surface area (Å²) in [6, 6.07) is 9.97. The summed E-state index contributed by atoms with van der Waals surface area (Å²) in [6.45, 7) is 3.52. The molecule has 0 radical (unpaired) electrons. The van der Waals surface area contributed by atoms with E-state index in [9.17, 15) is 9.59 Å². The van der Waals surface area contributed by atoms with Crippen LogP contribution in [-0.2, 0) is 16.1 Å². The zero-order valence-corrected chi connectivity index (χ0v) is 15.4. The molecule has 0 bridgehead atoms. The Balaban J connectivity index is 2.25. The lowest BCUT2D eigenvalue weighted by Crippen LogP contribution is -2.41. The number of halogens is 2. The second-order valence-electron chi connectivity index (χ2n) is 5.55. The molecule has 1 unspecified atom stereocenters. The molecule has 1 atom stereocenters. The molecule has 2 rings (SSSR count). The number of benzene rings is 1. The van der Waals surface area contributed by atoms with Gasteiger partial charge in [0.1, 0.15) is 12.3 Å². The molecule has 1 aromatic heterocycles. The van der Waals surface area contributed by atoms with Gasteiger partial charge < -0.3 is 9.64 Å². The van der Waals surface area contributed by atoms with Gasteiger partial charge in [0.05, 0.1) is 16.1 Å². The van der Waals surface area contributed by atoms with Crippen molar-refractivity contribution in [3.05, 3.63) is 63.9 Å². The van der Waals surface area contributed by atoms with Gasteiger partial charge in [0.15, 0.2) is 0 Å².